The van der Waals surface area contributed by atoms with Crippen LogP contribution < -0.4 is 0 Å². The first-order valence-electron chi connectivity index (χ1n) is 4.69. The lowest BCUT2D eigenvalue weighted by Gasteiger charge is -2.02. The van der Waals surface area contributed by atoms with E-state index in [9.17, 15) is 18.9 Å². The minimum atomic E-state index is -0.726. The van der Waals surface area contributed by atoms with Gasteiger partial charge < -0.3 is 0 Å². The predicted molar refractivity (Wildman–Crippen MR) is 57.3 cm³/mol. The molecule has 0 saturated heterocycles. The molecule has 0 heterocycles. The molecule has 2 aromatic rings. The third kappa shape index (κ3) is 2.44. The molecule has 0 aliphatic carbocycles. The van der Waals surface area contributed by atoms with Gasteiger partial charge in [-0.1, -0.05) is 6.07 Å². The fourth-order valence-electron chi connectivity index (χ4n) is 1.46. The second-order valence-corrected chi connectivity index (χ2v) is 3.38. The number of nitrogens with zero attached hydrogens (tertiary/aromatic N) is 1. The van der Waals surface area contributed by atoms with Gasteiger partial charge in [0.25, 0.3) is 5.69 Å². The first kappa shape index (κ1) is 11.2. The number of hydrogen-bond donors (Lipinski definition) is 0. The number of non-ortho nitro benzene ring substituents is 1. The molecule has 85 valence electrons. The summed E-state index contributed by atoms with van der Waals surface area (Å²) in [6, 6.07) is 9.45. The third-order valence-electron chi connectivity index (χ3n) is 2.18. The van der Waals surface area contributed by atoms with Gasteiger partial charge in [-0.2, -0.15) is 0 Å². The average Bonchev–Trinajstić information content (AvgIpc) is 2.28. The van der Waals surface area contributed by atoms with Crippen LogP contribution in [0, 0.1) is 27.8 Å². The van der Waals surface area contributed by atoms with Crippen LogP contribution in [0.5, 0.6) is 0 Å². The highest BCUT2D eigenvalue weighted by Crippen LogP contribution is 2.24. The Hall–Kier alpha value is -2.30. The van der Waals surface area contributed by atoms with Crippen LogP contribution in [-0.2, 0) is 0 Å². The zero-order valence-electron chi connectivity index (χ0n) is 8.48. The van der Waals surface area contributed by atoms with Crippen molar-refractivity contribution < 1.29 is 13.7 Å². The van der Waals surface area contributed by atoms with E-state index in [4.69, 9.17) is 0 Å². The average molecular weight is 234 g/mol. The van der Waals surface area contributed by atoms with Crippen molar-refractivity contribution in [2.75, 3.05) is 0 Å². The van der Waals surface area contributed by atoms with Crippen LogP contribution in [0.3, 0.4) is 0 Å². The van der Waals surface area contributed by atoms with Gasteiger partial charge in [-0.3, -0.25) is 10.1 Å². The highest BCUT2D eigenvalue weighted by atomic mass is 19.1. The van der Waals surface area contributed by atoms with Crippen LogP contribution in [0.4, 0.5) is 14.5 Å². The topological polar surface area (TPSA) is 43.1 Å². The van der Waals surface area contributed by atoms with Crippen molar-refractivity contribution in [1.29, 1.82) is 0 Å². The summed E-state index contributed by atoms with van der Waals surface area (Å²) < 4.78 is 26.0. The molecule has 0 aliphatic rings. The van der Waals surface area contributed by atoms with Crippen molar-refractivity contribution in [3.8, 4) is 11.1 Å². The van der Waals surface area contributed by atoms with Gasteiger partial charge in [0.1, 0.15) is 11.6 Å². The molecule has 0 atom stereocenters. The molecule has 0 aliphatic heterocycles. The Morgan fingerprint density at radius 3 is 2.29 bits per heavy atom. The maximum atomic E-state index is 13.0. The molecule has 17 heavy (non-hydrogen) atoms. The molecule has 0 unspecified atom stereocenters. The van der Waals surface area contributed by atoms with E-state index in [0.717, 1.165) is 18.2 Å². The molecule has 2 aromatic carbocycles. The summed E-state index contributed by atoms with van der Waals surface area (Å²) in [4.78, 5) is 9.93. The molecule has 2 rings (SSSR count). The molecule has 0 aromatic heterocycles. The Balaban J connectivity index is 2.52. The molecule has 0 amide bonds. The van der Waals surface area contributed by atoms with Crippen molar-refractivity contribution in [2.24, 2.45) is 0 Å². The lowest BCUT2D eigenvalue weighted by atomic mass is 10.0. The molecule has 0 fully saturated rings. The Bertz CT molecular complexity index is 564. The summed E-state index contributed by atoms with van der Waals surface area (Å²) in [5.41, 5.74) is 0.376. The van der Waals surface area contributed by atoms with Gasteiger partial charge >= 0.3 is 0 Å². The van der Waals surface area contributed by atoms with E-state index in [2.05, 4.69) is 6.07 Å². The lowest BCUT2D eigenvalue weighted by molar-refractivity contribution is -0.385. The molecular weight excluding hydrogens is 228 g/mol. The van der Waals surface area contributed by atoms with Crippen molar-refractivity contribution in [3.05, 3.63) is 64.2 Å². The van der Waals surface area contributed by atoms with Crippen LogP contribution in [-0.4, -0.2) is 4.92 Å². The molecule has 0 saturated carbocycles. The Labute approximate surface area is 95.5 Å². The minimum absolute atomic E-state index is 0.243. The lowest BCUT2D eigenvalue weighted by Crippen LogP contribution is -1.89. The summed E-state index contributed by atoms with van der Waals surface area (Å²) in [6.45, 7) is 0. The second kappa shape index (κ2) is 4.29. The normalized spacial score (nSPS) is 10.2. The van der Waals surface area contributed by atoms with Gasteiger partial charge in [0.05, 0.1) is 11.0 Å². The van der Waals surface area contributed by atoms with E-state index in [1.165, 1.54) is 18.2 Å². The van der Waals surface area contributed by atoms with Crippen LogP contribution in [0.25, 0.3) is 11.1 Å². The van der Waals surface area contributed by atoms with E-state index in [0.29, 0.717) is 5.56 Å². The third-order valence-corrected chi connectivity index (χ3v) is 2.18. The van der Waals surface area contributed by atoms with Gasteiger partial charge in [-0.05, 0) is 29.3 Å². The van der Waals surface area contributed by atoms with Gasteiger partial charge in [0, 0.05) is 12.1 Å². The number of rotatable bonds is 2. The first-order chi connectivity index (χ1) is 8.06. The van der Waals surface area contributed by atoms with Crippen LogP contribution in [0.1, 0.15) is 0 Å². The van der Waals surface area contributed by atoms with Gasteiger partial charge in [0.2, 0.25) is 0 Å². The first-order valence-corrected chi connectivity index (χ1v) is 4.69. The Morgan fingerprint density at radius 2 is 1.71 bits per heavy atom. The van der Waals surface area contributed by atoms with Gasteiger partial charge in [-0.25, -0.2) is 8.78 Å². The van der Waals surface area contributed by atoms with Crippen molar-refractivity contribution in [1.82, 2.24) is 0 Å². The zero-order chi connectivity index (χ0) is 12.4. The fraction of sp³-hybridized carbons (Fsp3) is 0. The van der Waals surface area contributed by atoms with E-state index >= 15 is 0 Å². The number of hydrogen-bond acceptors (Lipinski definition) is 2. The van der Waals surface area contributed by atoms with Gasteiger partial charge in [-0.15, -0.1) is 0 Å². The Kier molecular flexibility index (Phi) is 2.82. The standard InChI is InChI=1S/C12H6F2NO2/c13-10-4-9(5-11(14)7-10)8-2-1-3-12(6-8)15(16)17/h1-2,4-7H. The SMILES string of the molecule is O=[N+]([O-])c1[c]ccc(-c2cc(F)cc(F)c2)c1. The second-order valence-electron chi connectivity index (χ2n) is 3.38. The number of nitro benzene ring substituents is 1. The van der Waals surface area contributed by atoms with Crippen LogP contribution >= 0.6 is 0 Å². The van der Waals surface area contributed by atoms with E-state index < -0.39 is 16.6 Å². The number of halogens is 2. The summed E-state index contributed by atoms with van der Waals surface area (Å²) >= 11 is 0. The van der Waals surface area contributed by atoms with E-state index in [1.54, 1.807) is 0 Å². The van der Waals surface area contributed by atoms with E-state index in [-0.39, 0.29) is 11.3 Å². The maximum Gasteiger partial charge on any atom is 0.278 e. The molecule has 1 radical (unpaired) electrons. The fourth-order valence-corrected chi connectivity index (χ4v) is 1.46. The molecule has 5 heteroatoms. The molecule has 3 nitrogen and oxygen atoms in total. The molecule has 0 N–H and O–H groups in total. The summed E-state index contributed by atoms with van der Waals surface area (Å²) in [7, 11) is 0. The highest BCUT2D eigenvalue weighted by Gasteiger charge is 2.09. The van der Waals surface area contributed by atoms with Crippen LogP contribution in [0.15, 0.2) is 36.4 Å². The summed E-state index contributed by atoms with van der Waals surface area (Å²) in [5.74, 6) is -1.45. The largest absolute Gasteiger partial charge is 0.278 e. The minimum Gasteiger partial charge on any atom is -0.258 e. The molecule has 0 spiro atoms. The predicted octanol–water partition coefficient (Wildman–Crippen LogP) is 3.34. The Morgan fingerprint density at radius 1 is 1.06 bits per heavy atom. The van der Waals surface area contributed by atoms with E-state index in [1.807, 2.05) is 0 Å². The van der Waals surface area contributed by atoms with Crippen LogP contribution in [0.2, 0.25) is 0 Å². The van der Waals surface area contributed by atoms with Crippen molar-refractivity contribution in [2.45, 2.75) is 0 Å². The summed E-state index contributed by atoms with van der Waals surface area (Å²) in [5, 5.41) is 10.5. The summed E-state index contributed by atoms with van der Waals surface area (Å²) in [6.07, 6.45) is 0. The highest BCUT2D eigenvalue weighted by molar-refractivity contribution is 5.65. The number of benzene rings is 2. The maximum absolute atomic E-state index is 13.0. The van der Waals surface area contributed by atoms with Crippen molar-refractivity contribution >= 4 is 5.69 Å². The van der Waals surface area contributed by atoms with Crippen molar-refractivity contribution in [3.63, 3.8) is 0 Å². The van der Waals surface area contributed by atoms with Gasteiger partial charge in [0.15, 0.2) is 0 Å². The monoisotopic (exact) mass is 234 g/mol. The number of nitro groups is 1. The smallest absolute Gasteiger partial charge is 0.258 e. The quantitative estimate of drug-likeness (QED) is 0.590. The molecule has 0 bridgehead atoms. The zero-order valence-corrected chi connectivity index (χ0v) is 8.48. The molecular formula is C12H6F2NO2.